The monoisotopic (exact) mass is 416 g/mol. The molecule has 8 heteroatoms. The fourth-order valence-electron chi connectivity index (χ4n) is 3.64. The number of aliphatic hydroxyl groups is 5. The van der Waals surface area contributed by atoms with Crippen molar-refractivity contribution >= 4 is 0 Å². The van der Waals surface area contributed by atoms with E-state index in [0.717, 1.165) is 6.42 Å². The van der Waals surface area contributed by atoms with E-state index in [-0.39, 0.29) is 6.10 Å². The molecule has 2 fully saturated rings. The molecule has 2 aliphatic rings. The molecule has 0 radical (unpaired) electrons. The summed E-state index contributed by atoms with van der Waals surface area (Å²) >= 11 is 0. The fraction of sp³-hybridized carbons (Fsp3) is 0.810. The molecular formula is C21H36O8. The van der Waals surface area contributed by atoms with Crippen molar-refractivity contribution in [3.05, 3.63) is 24.8 Å². The van der Waals surface area contributed by atoms with Crippen LogP contribution in [0, 0.1) is 0 Å². The third-order valence-corrected chi connectivity index (χ3v) is 5.80. The second-order valence-electron chi connectivity index (χ2n) is 9.04. The Hall–Kier alpha value is -0.840. The quantitative estimate of drug-likeness (QED) is 0.360. The number of hydrogen-bond donors (Lipinski definition) is 5. The first-order chi connectivity index (χ1) is 13.3. The molecule has 2 rings (SSSR count). The van der Waals surface area contributed by atoms with E-state index in [4.69, 9.17) is 14.2 Å². The lowest BCUT2D eigenvalue weighted by Gasteiger charge is -2.44. The first kappa shape index (κ1) is 24.4. The van der Waals surface area contributed by atoms with E-state index in [0.29, 0.717) is 12.8 Å². The molecule has 8 nitrogen and oxygen atoms in total. The Morgan fingerprint density at radius 2 is 1.83 bits per heavy atom. The summed E-state index contributed by atoms with van der Waals surface area (Å²) in [5.41, 5.74) is -2.37. The molecule has 1 unspecified atom stereocenters. The molecule has 0 spiro atoms. The number of aliphatic hydroxyl groups excluding tert-OH is 4. The van der Waals surface area contributed by atoms with Crippen LogP contribution in [0.2, 0.25) is 0 Å². The van der Waals surface area contributed by atoms with Crippen molar-refractivity contribution in [2.24, 2.45) is 0 Å². The van der Waals surface area contributed by atoms with E-state index in [9.17, 15) is 25.5 Å². The summed E-state index contributed by atoms with van der Waals surface area (Å²) in [6, 6.07) is 0. The van der Waals surface area contributed by atoms with Gasteiger partial charge in [0.25, 0.3) is 0 Å². The Balaban J connectivity index is 2.01. The Morgan fingerprint density at radius 3 is 2.41 bits per heavy atom. The van der Waals surface area contributed by atoms with Gasteiger partial charge in [-0.05, 0) is 47.0 Å². The average Bonchev–Trinajstić information content (AvgIpc) is 3.05. The van der Waals surface area contributed by atoms with Gasteiger partial charge in [-0.2, -0.15) is 0 Å². The second kappa shape index (κ2) is 9.11. The van der Waals surface area contributed by atoms with Gasteiger partial charge >= 0.3 is 0 Å². The van der Waals surface area contributed by atoms with E-state index in [1.807, 2.05) is 19.1 Å². The lowest BCUT2D eigenvalue weighted by molar-refractivity contribution is -0.332. The highest BCUT2D eigenvalue weighted by Gasteiger charge is 2.49. The molecule has 0 aromatic carbocycles. The van der Waals surface area contributed by atoms with Gasteiger partial charge in [0.05, 0.1) is 29.5 Å². The molecule has 2 saturated heterocycles. The van der Waals surface area contributed by atoms with Crippen molar-refractivity contribution in [1.82, 2.24) is 0 Å². The molecule has 0 amide bonds. The van der Waals surface area contributed by atoms with Gasteiger partial charge in [-0.25, -0.2) is 0 Å². The summed E-state index contributed by atoms with van der Waals surface area (Å²) in [5.74, 6) is 0. The lowest BCUT2D eigenvalue weighted by Crippen LogP contribution is -2.61. The number of hydrogen-bond acceptors (Lipinski definition) is 8. The molecule has 168 valence electrons. The molecule has 0 saturated carbocycles. The van der Waals surface area contributed by atoms with Crippen LogP contribution in [-0.2, 0) is 14.2 Å². The zero-order valence-corrected chi connectivity index (χ0v) is 17.7. The second-order valence-corrected chi connectivity index (χ2v) is 9.04. The summed E-state index contributed by atoms with van der Waals surface area (Å²) in [4.78, 5) is 0. The summed E-state index contributed by atoms with van der Waals surface area (Å²) in [6.45, 7) is 10.3. The zero-order chi connectivity index (χ0) is 22.0. The van der Waals surface area contributed by atoms with Crippen molar-refractivity contribution in [2.75, 3.05) is 6.61 Å². The van der Waals surface area contributed by atoms with E-state index in [2.05, 4.69) is 6.58 Å². The summed E-state index contributed by atoms with van der Waals surface area (Å²) < 4.78 is 17.6. The normalized spacial score (nSPS) is 40.9. The minimum Gasteiger partial charge on any atom is -0.394 e. The Labute approximate surface area is 172 Å². The molecular weight excluding hydrogens is 380 g/mol. The molecule has 0 aromatic rings. The maximum Gasteiger partial charge on any atom is 0.187 e. The predicted molar refractivity (Wildman–Crippen MR) is 106 cm³/mol. The standard InChI is InChI=1S/C21H36O8/c1-6-20(4,26)9-7-10-21(5)11-8-14(28-21)19(2,3)29-18-17(25)16(24)15(23)13(12-22)27-18/h6-7,10,13-18,22-26H,1,8-9,11-12H2,2-5H3/b10-7+/t13-,14+,15-,16+,17-,18+,20?,21+/m1/s1. The fourth-order valence-corrected chi connectivity index (χ4v) is 3.64. The van der Waals surface area contributed by atoms with Gasteiger partial charge in [-0.1, -0.05) is 18.2 Å². The van der Waals surface area contributed by atoms with Crippen LogP contribution in [0.15, 0.2) is 24.8 Å². The highest BCUT2D eigenvalue weighted by Crippen LogP contribution is 2.39. The van der Waals surface area contributed by atoms with Crippen LogP contribution in [0.25, 0.3) is 0 Å². The predicted octanol–water partition coefficient (Wildman–Crippen LogP) is 0.402. The maximum atomic E-state index is 10.2. The lowest BCUT2D eigenvalue weighted by atomic mass is 9.94. The first-order valence-corrected chi connectivity index (χ1v) is 10.0. The van der Waals surface area contributed by atoms with E-state index in [1.165, 1.54) is 6.08 Å². The van der Waals surface area contributed by atoms with Crippen LogP contribution in [0.1, 0.15) is 47.0 Å². The third kappa shape index (κ3) is 5.86. The molecule has 8 atom stereocenters. The van der Waals surface area contributed by atoms with Gasteiger partial charge < -0.3 is 39.7 Å². The Bertz CT molecular complexity index is 587. The van der Waals surface area contributed by atoms with Gasteiger partial charge in [0.15, 0.2) is 6.29 Å². The largest absolute Gasteiger partial charge is 0.394 e. The molecule has 29 heavy (non-hydrogen) atoms. The van der Waals surface area contributed by atoms with Crippen LogP contribution in [0.3, 0.4) is 0 Å². The third-order valence-electron chi connectivity index (χ3n) is 5.80. The van der Waals surface area contributed by atoms with Crippen LogP contribution in [0.4, 0.5) is 0 Å². The molecule has 5 N–H and O–H groups in total. The molecule has 2 aliphatic heterocycles. The molecule has 0 aromatic heterocycles. The van der Waals surface area contributed by atoms with E-state index < -0.39 is 54.1 Å². The molecule has 0 aliphatic carbocycles. The van der Waals surface area contributed by atoms with E-state index >= 15 is 0 Å². The average molecular weight is 417 g/mol. The van der Waals surface area contributed by atoms with Crippen molar-refractivity contribution in [3.63, 3.8) is 0 Å². The zero-order valence-electron chi connectivity index (χ0n) is 17.7. The highest BCUT2D eigenvalue weighted by molar-refractivity contribution is 5.08. The van der Waals surface area contributed by atoms with Crippen molar-refractivity contribution in [1.29, 1.82) is 0 Å². The van der Waals surface area contributed by atoms with Gasteiger partial charge in [-0.15, -0.1) is 6.58 Å². The van der Waals surface area contributed by atoms with Crippen LogP contribution in [-0.4, -0.2) is 85.8 Å². The minimum atomic E-state index is -1.49. The van der Waals surface area contributed by atoms with Crippen LogP contribution >= 0.6 is 0 Å². The SMILES string of the molecule is C=CC(C)(O)C/C=C/[C@@]1(C)CC[C@@H](C(C)(C)O[C@@H]2O[C@H](CO)[C@@H](O)[C@H](O)[C@H]2O)O1. The van der Waals surface area contributed by atoms with Gasteiger partial charge in [-0.3, -0.25) is 0 Å². The summed E-state index contributed by atoms with van der Waals surface area (Å²) in [5, 5.41) is 49.4. The van der Waals surface area contributed by atoms with Gasteiger partial charge in [0.1, 0.15) is 24.4 Å². The van der Waals surface area contributed by atoms with Crippen molar-refractivity contribution < 1.29 is 39.7 Å². The van der Waals surface area contributed by atoms with Gasteiger partial charge in [0.2, 0.25) is 0 Å². The molecule has 0 bridgehead atoms. The number of rotatable bonds is 8. The maximum absolute atomic E-state index is 10.2. The molecule has 2 heterocycles. The van der Waals surface area contributed by atoms with Crippen LogP contribution in [0.5, 0.6) is 0 Å². The van der Waals surface area contributed by atoms with Crippen LogP contribution < -0.4 is 0 Å². The summed E-state index contributed by atoms with van der Waals surface area (Å²) in [7, 11) is 0. The smallest absolute Gasteiger partial charge is 0.187 e. The topological polar surface area (TPSA) is 129 Å². The van der Waals surface area contributed by atoms with Crippen molar-refractivity contribution in [2.45, 2.75) is 101 Å². The first-order valence-electron chi connectivity index (χ1n) is 10.0. The van der Waals surface area contributed by atoms with Gasteiger partial charge in [0, 0.05) is 0 Å². The van der Waals surface area contributed by atoms with Crippen molar-refractivity contribution in [3.8, 4) is 0 Å². The van der Waals surface area contributed by atoms with E-state index in [1.54, 1.807) is 20.8 Å². The number of ether oxygens (including phenoxy) is 3. The summed E-state index contributed by atoms with van der Waals surface area (Å²) in [6.07, 6.45) is 0.225. The Kier molecular flexibility index (Phi) is 7.68. The highest BCUT2D eigenvalue weighted by atomic mass is 16.7. The minimum absolute atomic E-state index is 0.315. The Morgan fingerprint density at radius 1 is 1.17 bits per heavy atom.